The van der Waals surface area contributed by atoms with Crippen molar-refractivity contribution in [1.82, 2.24) is 14.9 Å². The smallest absolute Gasteiger partial charge is 0.255 e. The number of sulfonamides is 1. The van der Waals surface area contributed by atoms with Gasteiger partial charge in [-0.2, -0.15) is 4.31 Å². The highest BCUT2D eigenvalue weighted by Gasteiger charge is 2.28. The lowest BCUT2D eigenvalue weighted by Gasteiger charge is -2.26. The molecule has 0 spiro atoms. The number of carbonyl (C=O) groups is 1. The molecule has 0 saturated carbocycles. The molecular formula is C18H27N3O5S. The molecule has 1 unspecified atom stereocenters. The Kier molecular flexibility index (Phi) is 6.69. The molecule has 0 bridgehead atoms. The lowest BCUT2D eigenvalue weighted by Crippen LogP contribution is -2.40. The van der Waals surface area contributed by atoms with Crippen LogP contribution in [0.25, 0.3) is 0 Å². The predicted octanol–water partition coefficient (Wildman–Crippen LogP) is 0.446. The molecule has 1 aromatic carbocycles. The summed E-state index contributed by atoms with van der Waals surface area (Å²) in [5.74, 6) is 0.605. The molecule has 0 aliphatic carbocycles. The molecule has 2 saturated heterocycles. The average molecular weight is 397 g/mol. The van der Waals surface area contributed by atoms with Crippen molar-refractivity contribution in [2.75, 3.05) is 53.0 Å². The number of hydrogen-bond acceptors (Lipinski definition) is 6. The maximum Gasteiger partial charge on any atom is 0.255 e. The first-order chi connectivity index (χ1) is 13.0. The van der Waals surface area contributed by atoms with Crippen LogP contribution in [0, 0.1) is 5.92 Å². The third kappa shape index (κ3) is 4.78. The Balaban J connectivity index is 1.73. The Bertz CT molecular complexity index is 756. The van der Waals surface area contributed by atoms with Crippen LogP contribution >= 0.6 is 0 Å². The molecule has 2 aliphatic heterocycles. The Hall–Kier alpha value is -1.68. The average Bonchev–Trinajstić information content (AvgIpc) is 3.21. The Labute approximate surface area is 160 Å². The molecule has 9 heteroatoms. The lowest BCUT2D eigenvalue weighted by atomic mass is 10.1. The number of morpholine rings is 1. The number of nitrogens with one attached hydrogen (secondary N) is 2. The number of methoxy groups -OCH3 is 1. The van der Waals surface area contributed by atoms with Crippen LogP contribution in [0.5, 0.6) is 5.75 Å². The fourth-order valence-corrected chi connectivity index (χ4v) is 4.84. The van der Waals surface area contributed by atoms with Crippen molar-refractivity contribution >= 4 is 15.9 Å². The van der Waals surface area contributed by atoms with Crippen molar-refractivity contribution in [2.24, 2.45) is 5.92 Å². The first-order valence-corrected chi connectivity index (χ1v) is 10.7. The lowest BCUT2D eigenvalue weighted by molar-refractivity contribution is 0.0730. The first kappa shape index (κ1) is 20.1. The van der Waals surface area contributed by atoms with Crippen molar-refractivity contribution in [3.05, 3.63) is 23.8 Å². The van der Waals surface area contributed by atoms with Crippen LogP contribution in [0.4, 0.5) is 0 Å². The quantitative estimate of drug-likeness (QED) is 0.693. The summed E-state index contributed by atoms with van der Waals surface area (Å²) in [4.78, 5) is 12.7. The van der Waals surface area contributed by atoms with Gasteiger partial charge in [0.1, 0.15) is 5.75 Å². The van der Waals surface area contributed by atoms with Gasteiger partial charge in [-0.1, -0.05) is 0 Å². The van der Waals surface area contributed by atoms with Gasteiger partial charge in [-0.05, 0) is 50.0 Å². The normalized spacial score (nSPS) is 21.1. The fraction of sp³-hybridized carbons (Fsp3) is 0.611. The van der Waals surface area contributed by atoms with Gasteiger partial charge in [-0.3, -0.25) is 4.79 Å². The topological polar surface area (TPSA) is 97.0 Å². The number of carbonyl (C=O) groups excluding carboxylic acids is 1. The minimum absolute atomic E-state index is 0.0929. The summed E-state index contributed by atoms with van der Waals surface area (Å²) in [6, 6.07) is 4.41. The molecule has 1 atom stereocenters. The van der Waals surface area contributed by atoms with Crippen LogP contribution in [-0.4, -0.2) is 71.7 Å². The molecule has 2 N–H and O–H groups in total. The van der Waals surface area contributed by atoms with Gasteiger partial charge in [0.15, 0.2) is 0 Å². The zero-order valence-electron chi connectivity index (χ0n) is 15.6. The summed E-state index contributed by atoms with van der Waals surface area (Å²) < 4.78 is 37.5. The standard InChI is InChI=1S/C18H27N3O5S/c1-25-17-3-2-15(27(23,24)21-8-10-26-11-9-21)12-16(17)18(22)20-7-5-14-4-6-19-13-14/h2-3,12,14,19H,4-11,13H2,1H3,(H,20,22). The molecule has 0 radical (unpaired) electrons. The summed E-state index contributed by atoms with van der Waals surface area (Å²) in [5, 5.41) is 6.19. The Morgan fingerprint density at radius 1 is 1.37 bits per heavy atom. The monoisotopic (exact) mass is 397 g/mol. The van der Waals surface area contributed by atoms with E-state index in [1.54, 1.807) is 0 Å². The van der Waals surface area contributed by atoms with E-state index < -0.39 is 10.0 Å². The summed E-state index contributed by atoms with van der Waals surface area (Å²) in [7, 11) is -2.20. The summed E-state index contributed by atoms with van der Waals surface area (Å²) in [5.41, 5.74) is 0.233. The van der Waals surface area contributed by atoms with E-state index in [2.05, 4.69) is 10.6 Å². The van der Waals surface area contributed by atoms with E-state index in [1.165, 1.54) is 29.6 Å². The second kappa shape index (κ2) is 9.01. The van der Waals surface area contributed by atoms with Gasteiger partial charge in [0.2, 0.25) is 10.0 Å². The molecule has 3 rings (SSSR count). The maximum atomic E-state index is 12.8. The zero-order valence-corrected chi connectivity index (χ0v) is 16.4. The Morgan fingerprint density at radius 2 is 2.15 bits per heavy atom. The molecule has 2 heterocycles. The van der Waals surface area contributed by atoms with E-state index in [4.69, 9.17) is 9.47 Å². The first-order valence-electron chi connectivity index (χ1n) is 9.27. The van der Waals surface area contributed by atoms with E-state index in [-0.39, 0.29) is 16.4 Å². The largest absolute Gasteiger partial charge is 0.496 e. The fourth-order valence-electron chi connectivity index (χ4n) is 3.41. The number of ether oxygens (including phenoxy) is 2. The summed E-state index contributed by atoms with van der Waals surface area (Å²) in [6.07, 6.45) is 2.01. The van der Waals surface area contributed by atoms with E-state index in [9.17, 15) is 13.2 Å². The number of benzene rings is 1. The number of rotatable bonds is 7. The molecule has 1 amide bonds. The van der Waals surface area contributed by atoms with Gasteiger partial charge < -0.3 is 20.1 Å². The van der Waals surface area contributed by atoms with Gasteiger partial charge >= 0.3 is 0 Å². The van der Waals surface area contributed by atoms with Crippen LogP contribution in [-0.2, 0) is 14.8 Å². The van der Waals surface area contributed by atoms with E-state index >= 15 is 0 Å². The number of nitrogens with zero attached hydrogens (tertiary/aromatic N) is 1. The highest BCUT2D eigenvalue weighted by atomic mass is 32.2. The van der Waals surface area contributed by atoms with Gasteiger partial charge in [-0.15, -0.1) is 0 Å². The van der Waals surface area contributed by atoms with Gasteiger partial charge in [0.25, 0.3) is 5.91 Å². The van der Waals surface area contributed by atoms with E-state index in [0.717, 1.165) is 25.9 Å². The van der Waals surface area contributed by atoms with Crippen LogP contribution in [0.2, 0.25) is 0 Å². The molecule has 0 aromatic heterocycles. The van der Waals surface area contributed by atoms with Gasteiger partial charge in [0.05, 0.1) is 30.8 Å². The predicted molar refractivity (Wildman–Crippen MR) is 100 cm³/mol. The van der Waals surface area contributed by atoms with Crippen LogP contribution in [0.3, 0.4) is 0 Å². The van der Waals surface area contributed by atoms with Crippen molar-refractivity contribution in [3.8, 4) is 5.75 Å². The molecule has 1 aromatic rings. The van der Waals surface area contributed by atoms with E-state index in [0.29, 0.717) is 44.5 Å². The van der Waals surface area contributed by atoms with Gasteiger partial charge in [-0.25, -0.2) is 8.42 Å². The molecular weight excluding hydrogens is 370 g/mol. The van der Waals surface area contributed by atoms with Crippen LogP contribution < -0.4 is 15.4 Å². The SMILES string of the molecule is COc1ccc(S(=O)(=O)N2CCOCC2)cc1C(=O)NCCC1CCNC1. The Morgan fingerprint density at radius 3 is 2.81 bits per heavy atom. The third-order valence-electron chi connectivity index (χ3n) is 5.02. The minimum Gasteiger partial charge on any atom is -0.496 e. The second-order valence-electron chi connectivity index (χ2n) is 6.78. The van der Waals surface area contributed by atoms with Crippen molar-refractivity contribution in [2.45, 2.75) is 17.7 Å². The highest BCUT2D eigenvalue weighted by molar-refractivity contribution is 7.89. The summed E-state index contributed by atoms with van der Waals surface area (Å²) >= 11 is 0. The van der Waals surface area contributed by atoms with Gasteiger partial charge in [0, 0.05) is 19.6 Å². The van der Waals surface area contributed by atoms with Crippen LogP contribution in [0.1, 0.15) is 23.2 Å². The maximum absolute atomic E-state index is 12.8. The molecule has 2 fully saturated rings. The third-order valence-corrected chi connectivity index (χ3v) is 6.92. The van der Waals surface area contributed by atoms with Crippen LogP contribution in [0.15, 0.2) is 23.1 Å². The molecule has 150 valence electrons. The highest BCUT2D eigenvalue weighted by Crippen LogP contribution is 2.25. The minimum atomic E-state index is -3.67. The molecule has 27 heavy (non-hydrogen) atoms. The zero-order chi connectivity index (χ0) is 19.3. The number of hydrogen-bond donors (Lipinski definition) is 2. The number of amides is 1. The van der Waals surface area contributed by atoms with Crippen molar-refractivity contribution in [3.63, 3.8) is 0 Å². The molecule has 8 nitrogen and oxygen atoms in total. The second-order valence-corrected chi connectivity index (χ2v) is 8.72. The van der Waals surface area contributed by atoms with Crippen molar-refractivity contribution < 1.29 is 22.7 Å². The van der Waals surface area contributed by atoms with Crippen molar-refractivity contribution in [1.29, 1.82) is 0 Å². The summed E-state index contributed by atoms with van der Waals surface area (Å²) in [6.45, 7) is 3.92. The van der Waals surface area contributed by atoms with E-state index in [1.807, 2.05) is 0 Å². The molecule has 2 aliphatic rings.